The van der Waals surface area contributed by atoms with Gasteiger partial charge in [-0.25, -0.2) is 4.98 Å². The van der Waals surface area contributed by atoms with Crippen molar-refractivity contribution in [2.75, 3.05) is 7.05 Å². The van der Waals surface area contributed by atoms with Crippen LogP contribution in [0, 0.1) is 25.7 Å². The molecule has 1 aromatic rings. The lowest BCUT2D eigenvalue weighted by Gasteiger charge is -2.25. The third-order valence-corrected chi connectivity index (χ3v) is 5.99. The molecule has 0 aliphatic heterocycles. The maximum Gasteiger partial charge on any atom is 0.265 e. The van der Waals surface area contributed by atoms with Crippen LogP contribution >= 0.6 is 11.3 Å². The van der Waals surface area contributed by atoms with Gasteiger partial charge >= 0.3 is 0 Å². The molecule has 0 aromatic carbocycles. The van der Waals surface area contributed by atoms with Crippen LogP contribution in [0.25, 0.3) is 0 Å². The number of amides is 1. The first-order chi connectivity index (χ1) is 9.45. The van der Waals surface area contributed by atoms with Crippen molar-refractivity contribution in [1.29, 1.82) is 0 Å². The van der Waals surface area contributed by atoms with Crippen molar-refractivity contribution in [2.45, 2.75) is 51.7 Å². The first-order valence-electron chi connectivity index (χ1n) is 7.35. The fourth-order valence-corrected chi connectivity index (χ4v) is 4.83. The van der Waals surface area contributed by atoms with E-state index in [-0.39, 0.29) is 12.0 Å². The number of aromatic nitrogens is 1. The molecule has 2 aliphatic rings. The van der Waals surface area contributed by atoms with Gasteiger partial charge in [0.1, 0.15) is 4.88 Å². The van der Waals surface area contributed by atoms with E-state index in [0.29, 0.717) is 17.9 Å². The van der Waals surface area contributed by atoms with E-state index in [1.54, 1.807) is 0 Å². The Bertz CT molecular complexity index is 514. The Hall–Kier alpha value is -0.940. The number of thiazole rings is 1. The van der Waals surface area contributed by atoms with Crippen molar-refractivity contribution in [3.05, 3.63) is 15.6 Å². The van der Waals surface area contributed by atoms with Crippen LogP contribution < -0.4 is 0 Å². The van der Waals surface area contributed by atoms with Gasteiger partial charge in [-0.15, -0.1) is 11.3 Å². The van der Waals surface area contributed by atoms with Crippen molar-refractivity contribution in [3.63, 3.8) is 0 Å². The topological polar surface area (TPSA) is 53.4 Å². The van der Waals surface area contributed by atoms with Gasteiger partial charge in [0.2, 0.25) is 0 Å². The molecular weight excluding hydrogens is 272 g/mol. The molecule has 4 atom stereocenters. The molecule has 0 saturated heterocycles. The molecular formula is C15H22N2O2S. The van der Waals surface area contributed by atoms with Gasteiger partial charge < -0.3 is 10.0 Å². The zero-order valence-electron chi connectivity index (χ0n) is 12.3. The predicted molar refractivity (Wildman–Crippen MR) is 78.9 cm³/mol. The van der Waals surface area contributed by atoms with Gasteiger partial charge in [0, 0.05) is 13.1 Å². The molecule has 0 radical (unpaired) electrons. The third-order valence-electron chi connectivity index (χ3n) is 4.93. The highest BCUT2D eigenvalue weighted by atomic mass is 32.1. The maximum atomic E-state index is 12.6. The molecule has 1 N–H and O–H groups in total. The van der Waals surface area contributed by atoms with Gasteiger partial charge in [-0.1, -0.05) is 0 Å². The Labute approximate surface area is 123 Å². The fourth-order valence-electron chi connectivity index (χ4n) is 3.92. The normalized spacial score (nSPS) is 32.4. The number of carbonyl (C=O) groups excluding carboxylic acids is 1. The zero-order valence-corrected chi connectivity index (χ0v) is 13.1. The Morgan fingerprint density at radius 3 is 2.35 bits per heavy atom. The van der Waals surface area contributed by atoms with Crippen LogP contribution in [0.3, 0.4) is 0 Å². The van der Waals surface area contributed by atoms with Crippen LogP contribution in [0.4, 0.5) is 0 Å². The van der Waals surface area contributed by atoms with Crippen molar-refractivity contribution < 1.29 is 9.90 Å². The minimum absolute atomic E-state index is 0.110. The van der Waals surface area contributed by atoms with Gasteiger partial charge in [-0.2, -0.15) is 0 Å². The summed E-state index contributed by atoms with van der Waals surface area (Å²) in [6.07, 6.45) is 3.81. The molecule has 2 fully saturated rings. The van der Waals surface area contributed by atoms with Crippen molar-refractivity contribution in [1.82, 2.24) is 9.88 Å². The molecule has 5 heteroatoms. The second-order valence-electron chi connectivity index (χ2n) is 6.33. The molecule has 20 heavy (non-hydrogen) atoms. The second kappa shape index (κ2) is 5.11. The number of hydrogen-bond acceptors (Lipinski definition) is 4. The van der Waals surface area contributed by atoms with E-state index in [9.17, 15) is 9.90 Å². The van der Waals surface area contributed by atoms with E-state index in [1.807, 2.05) is 25.8 Å². The average molecular weight is 294 g/mol. The summed E-state index contributed by atoms with van der Waals surface area (Å²) in [5.41, 5.74) is 0.845. The molecule has 0 bridgehead atoms. The monoisotopic (exact) mass is 294 g/mol. The van der Waals surface area contributed by atoms with E-state index < -0.39 is 0 Å². The summed E-state index contributed by atoms with van der Waals surface area (Å²) in [4.78, 5) is 19.6. The van der Waals surface area contributed by atoms with Gasteiger partial charge in [-0.05, 0) is 51.4 Å². The Morgan fingerprint density at radius 2 is 1.85 bits per heavy atom. The number of rotatable bonds is 2. The first-order valence-corrected chi connectivity index (χ1v) is 8.16. The molecule has 1 aromatic heterocycles. The summed E-state index contributed by atoms with van der Waals surface area (Å²) in [7, 11) is 1.92. The van der Waals surface area contributed by atoms with Gasteiger partial charge in [0.25, 0.3) is 5.91 Å². The van der Waals surface area contributed by atoms with E-state index in [2.05, 4.69) is 4.98 Å². The summed E-state index contributed by atoms with van der Waals surface area (Å²) in [5.74, 6) is 1.32. The van der Waals surface area contributed by atoms with Crippen LogP contribution in [0.15, 0.2) is 0 Å². The molecule has 2 unspecified atom stereocenters. The largest absolute Gasteiger partial charge is 0.393 e. The molecule has 2 saturated carbocycles. The Morgan fingerprint density at radius 1 is 1.25 bits per heavy atom. The fraction of sp³-hybridized carbons (Fsp3) is 0.733. The zero-order chi connectivity index (χ0) is 14.4. The highest BCUT2D eigenvalue weighted by molar-refractivity contribution is 7.13. The number of nitrogens with zero attached hydrogens (tertiary/aromatic N) is 2. The smallest absolute Gasteiger partial charge is 0.265 e. The minimum atomic E-state index is -0.113. The quantitative estimate of drug-likeness (QED) is 0.911. The van der Waals surface area contributed by atoms with E-state index in [0.717, 1.165) is 41.3 Å². The summed E-state index contributed by atoms with van der Waals surface area (Å²) >= 11 is 1.49. The van der Waals surface area contributed by atoms with Crippen molar-refractivity contribution in [2.24, 2.45) is 11.8 Å². The summed E-state index contributed by atoms with van der Waals surface area (Å²) < 4.78 is 0. The third kappa shape index (κ3) is 2.37. The Balaban J connectivity index is 1.69. The predicted octanol–water partition coefficient (Wildman–Crippen LogP) is 2.38. The lowest BCUT2D eigenvalue weighted by molar-refractivity contribution is 0.0726. The number of aryl methyl sites for hydroxylation is 2. The molecule has 1 heterocycles. The van der Waals surface area contributed by atoms with Crippen LogP contribution in [-0.2, 0) is 0 Å². The van der Waals surface area contributed by atoms with Gasteiger partial charge in [-0.3, -0.25) is 4.79 Å². The lowest BCUT2D eigenvalue weighted by atomic mass is 10.0. The van der Waals surface area contributed by atoms with Gasteiger partial charge in [0.05, 0.1) is 16.8 Å². The van der Waals surface area contributed by atoms with Crippen LogP contribution in [0.5, 0.6) is 0 Å². The van der Waals surface area contributed by atoms with Crippen LogP contribution in [0.1, 0.15) is 46.1 Å². The number of aliphatic hydroxyl groups excluding tert-OH is 1. The highest BCUT2D eigenvalue weighted by Gasteiger charge is 2.43. The molecule has 1 amide bonds. The summed E-state index contributed by atoms with van der Waals surface area (Å²) in [5, 5.41) is 10.6. The first kappa shape index (κ1) is 14.0. The average Bonchev–Trinajstić information content (AvgIpc) is 3.00. The highest BCUT2D eigenvalue weighted by Crippen LogP contribution is 2.45. The molecule has 0 spiro atoms. The van der Waals surface area contributed by atoms with Crippen LogP contribution in [0.2, 0.25) is 0 Å². The SMILES string of the molecule is Cc1nc(C)c(C(=O)N(C)C2C[C@H]3CC(O)C[C@H]3C2)s1. The summed E-state index contributed by atoms with van der Waals surface area (Å²) in [6.45, 7) is 3.85. The molecule has 4 nitrogen and oxygen atoms in total. The van der Waals surface area contributed by atoms with Crippen molar-refractivity contribution in [3.8, 4) is 0 Å². The van der Waals surface area contributed by atoms with Gasteiger partial charge in [0.15, 0.2) is 0 Å². The lowest BCUT2D eigenvalue weighted by Crippen LogP contribution is -2.36. The van der Waals surface area contributed by atoms with Crippen LogP contribution in [-0.4, -0.2) is 40.1 Å². The molecule has 110 valence electrons. The van der Waals surface area contributed by atoms with Crippen molar-refractivity contribution >= 4 is 17.2 Å². The number of hydrogen-bond donors (Lipinski definition) is 1. The molecule has 3 rings (SSSR count). The number of fused-ring (bicyclic) bond motifs is 1. The van der Waals surface area contributed by atoms with E-state index in [4.69, 9.17) is 0 Å². The Kier molecular flexibility index (Phi) is 3.58. The standard InChI is InChI=1S/C15H22N2O2S/c1-8-14(20-9(2)16-8)15(19)17(3)12-4-10-6-13(18)7-11(10)5-12/h10-13,18H,4-7H2,1-3H3/t10-,11+,12?,13?. The second-order valence-corrected chi connectivity index (χ2v) is 7.54. The minimum Gasteiger partial charge on any atom is -0.393 e. The maximum absolute atomic E-state index is 12.6. The van der Waals surface area contributed by atoms with E-state index in [1.165, 1.54) is 11.3 Å². The molecule has 2 aliphatic carbocycles. The van der Waals surface area contributed by atoms with E-state index >= 15 is 0 Å². The number of aliphatic hydroxyl groups is 1. The number of carbonyl (C=O) groups is 1. The summed E-state index contributed by atoms with van der Waals surface area (Å²) in [6, 6.07) is 0.326.